The SMILES string of the molecule is CC(C)(C)C(N)CN(Cc1cccs1)C1CC1. The van der Waals surface area contributed by atoms with E-state index >= 15 is 0 Å². The van der Waals surface area contributed by atoms with Crippen molar-refractivity contribution in [3.05, 3.63) is 22.4 Å². The molecule has 17 heavy (non-hydrogen) atoms. The molecule has 0 amide bonds. The van der Waals surface area contributed by atoms with Gasteiger partial charge in [0.1, 0.15) is 0 Å². The Morgan fingerprint density at radius 3 is 2.65 bits per heavy atom. The molecule has 96 valence electrons. The molecule has 0 aromatic carbocycles. The topological polar surface area (TPSA) is 29.3 Å². The Kier molecular flexibility index (Phi) is 3.91. The van der Waals surface area contributed by atoms with Crippen LogP contribution < -0.4 is 5.73 Å². The average Bonchev–Trinajstić information content (AvgIpc) is 2.95. The van der Waals surface area contributed by atoms with Crippen molar-refractivity contribution in [3.63, 3.8) is 0 Å². The fourth-order valence-corrected chi connectivity index (χ4v) is 2.64. The van der Waals surface area contributed by atoms with E-state index < -0.39 is 0 Å². The Balaban J connectivity index is 1.94. The van der Waals surface area contributed by atoms with E-state index in [9.17, 15) is 0 Å². The molecule has 1 aromatic heterocycles. The van der Waals surface area contributed by atoms with Crippen molar-refractivity contribution in [3.8, 4) is 0 Å². The second-order valence-electron chi connectivity index (χ2n) is 6.21. The van der Waals surface area contributed by atoms with Crippen molar-refractivity contribution in [1.82, 2.24) is 4.90 Å². The van der Waals surface area contributed by atoms with Crippen molar-refractivity contribution in [2.45, 2.75) is 52.2 Å². The zero-order valence-electron chi connectivity index (χ0n) is 11.1. The maximum absolute atomic E-state index is 6.31. The minimum absolute atomic E-state index is 0.197. The molecule has 3 heteroatoms. The van der Waals surface area contributed by atoms with E-state index in [4.69, 9.17) is 5.73 Å². The van der Waals surface area contributed by atoms with Crippen molar-refractivity contribution in [1.29, 1.82) is 0 Å². The molecule has 1 saturated carbocycles. The third kappa shape index (κ3) is 3.80. The summed E-state index contributed by atoms with van der Waals surface area (Å²) in [7, 11) is 0. The third-order valence-electron chi connectivity index (χ3n) is 3.55. The molecule has 1 aliphatic carbocycles. The summed E-state index contributed by atoms with van der Waals surface area (Å²) in [5, 5.41) is 2.16. The number of rotatable bonds is 5. The molecule has 1 heterocycles. The summed E-state index contributed by atoms with van der Waals surface area (Å²) in [5.74, 6) is 0. The van der Waals surface area contributed by atoms with Gasteiger partial charge in [-0.25, -0.2) is 0 Å². The van der Waals surface area contributed by atoms with Crippen molar-refractivity contribution in [2.75, 3.05) is 6.54 Å². The van der Waals surface area contributed by atoms with Crippen LogP contribution in [0.2, 0.25) is 0 Å². The highest BCUT2D eigenvalue weighted by Crippen LogP contribution is 2.30. The summed E-state index contributed by atoms with van der Waals surface area (Å²) in [6, 6.07) is 5.39. The van der Waals surface area contributed by atoms with Gasteiger partial charge in [0.2, 0.25) is 0 Å². The first-order valence-corrected chi connectivity index (χ1v) is 7.37. The molecule has 0 radical (unpaired) electrons. The van der Waals surface area contributed by atoms with Crippen LogP contribution in [0.25, 0.3) is 0 Å². The van der Waals surface area contributed by atoms with Gasteiger partial charge in [0.25, 0.3) is 0 Å². The van der Waals surface area contributed by atoms with Gasteiger partial charge in [-0.05, 0) is 29.7 Å². The van der Waals surface area contributed by atoms with Gasteiger partial charge < -0.3 is 5.73 Å². The lowest BCUT2D eigenvalue weighted by Crippen LogP contribution is -2.45. The maximum Gasteiger partial charge on any atom is 0.0331 e. The van der Waals surface area contributed by atoms with Gasteiger partial charge in [0.15, 0.2) is 0 Å². The Hall–Kier alpha value is -0.380. The second-order valence-corrected chi connectivity index (χ2v) is 7.24. The molecule has 1 unspecified atom stereocenters. The fraction of sp³-hybridized carbons (Fsp3) is 0.714. The first-order chi connectivity index (χ1) is 7.97. The summed E-state index contributed by atoms with van der Waals surface area (Å²) < 4.78 is 0. The highest BCUT2D eigenvalue weighted by Gasteiger charge is 2.32. The second kappa shape index (κ2) is 5.09. The number of hydrogen-bond acceptors (Lipinski definition) is 3. The van der Waals surface area contributed by atoms with Crippen molar-refractivity contribution in [2.24, 2.45) is 11.1 Å². The van der Waals surface area contributed by atoms with E-state index in [1.807, 2.05) is 11.3 Å². The normalized spacial score (nSPS) is 18.6. The first-order valence-electron chi connectivity index (χ1n) is 6.49. The summed E-state index contributed by atoms with van der Waals surface area (Å²) >= 11 is 1.85. The van der Waals surface area contributed by atoms with Gasteiger partial charge in [-0.2, -0.15) is 0 Å². The summed E-state index contributed by atoms with van der Waals surface area (Å²) in [5.41, 5.74) is 6.50. The summed E-state index contributed by atoms with van der Waals surface area (Å²) in [6.45, 7) is 8.79. The molecule has 1 atom stereocenters. The van der Waals surface area contributed by atoms with Crippen LogP contribution >= 0.6 is 11.3 Å². The lowest BCUT2D eigenvalue weighted by atomic mass is 9.87. The van der Waals surface area contributed by atoms with E-state index in [1.165, 1.54) is 17.7 Å². The van der Waals surface area contributed by atoms with Crippen LogP contribution in [0.15, 0.2) is 17.5 Å². The van der Waals surface area contributed by atoms with Gasteiger partial charge in [-0.3, -0.25) is 4.90 Å². The fourth-order valence-electron chi connectivity index (χ4n) is 1.91. The van der Waals surface area contributed by atoms with Crippen LogP contribution in [0, 0.1) is 5.41 Å². The van der Waals surface area contributed by atoms with Gasteiger partial charge in [0, 0.05) is 30.1 Å². The quantitative estimate of drug-likeness (QED) is 0.872. The number of nitrogens with zero attached hydrogens (tertiary/aromatic N) is 1. The largest absolute Gasteiger partial charge is 0.326 e. The maximum atomic E-state index is 6.31. The molecule has 1 fully saturated rings. The van der Waals surface area contributed by atoms with Crippen LogP contribution in [0.3, 0.4) is 0 Å². The molecule has 0 bridgehead atoms. The van der Waals surface area contributed by atoms with E-state index in [0.717, 1.165) is 19.1 Å². The molecule has 1 aromatic rings. The number of hydrogen-bond donors (Lipinski definition) is 1. The summed E-state index contributed by atoms with van der Waals surface area (Å²) in [6.07, 6.45) is 2.70. The predicted octanol–water partition coefficient (Wildman–Crippen LogP) is 3.09. The van der Waals surface area contributed by atoms with Gasteiger partial charge in [0.05, 0.1) is 0 Å². The number of nitrogens with two attached hydrogens (primary N) is 1. The monoisotopic (exact) mass is 252 g/mol. The third-order valence-corrected chi connectivity index (χ3v) is 4.41. The van der Waals surface area contributed by atoms with Crippen LogP contribution in [0.4, 0.5) is 0 Å². The minimum atomic E-state index is 0.197. The van der Waals surface area contributed by atoms with Gasteiger partial charge in [-0.1, -0.05) is 26.8 Å². The average molecular weight is 252 g/mol. The van der Waals surface area contributed by atoms with Gasteiger partial charge in [-0.15, -0.1) is 11.3 Å². The Labute approximate surface area is 109 Å². The Morgan fingerprint density at radius 1 is 1.47 bits per heavy atom. The predicted molar refractivity (Wildman–Crippen MR) is 75.2 cm³/mol. The molecule has 0 saturated heterocycles. The van der Waals surface area contributed by atoms with Gasteiger partial charge >= 0.3 is 0 Å². The minimum Gasteiger partial charge on any atom is -0.326 e. The van der Waals surface area contributed by atoms with E-state index in [0.29, 0.717) is 0 Å². The highest BCUT2D eigenvalue weighted by molar-refractivity contribution is 7.09. The Bertz CT molecular complexity index is 336. The van der Waals surface area contributed by atoms with E-state index in [2.05, 4.69) is 43.2 Å². The van der Waals surface area contributed by atoms with Crippen LogP contribution in [-0.2, 0) is 6.54 Å². The first kappa shape index (κ1) is 13.1. The van der Waals surface area contributed by atoms with E-state index in [1.54, 1.807) is 0 Å². The Morgan fingerprint density at radius 2 is 2.18 bits per heavy atom. The lowest BCUT2D eigenvalue weighted by Gasteiger charge is -2.32. The molecule has 2 nitrogen and oxygen atoms in total. The van der Waals surface area contributed by atoms with Crippen molar-refractivity contribution < 1.29 is 0 Å². The molecule has 1 aliphatic rings. The van der Waals surface area contributed by atoms with Crippen molar-refractivity contribution >= 4 is 11.3 Å². The molecule has 2 N–H and O–H groups in total. The standard InChI is InChI=1S/C14H24N2S/c1-14(2,3)13(15)10-16(11-6-7-11)9-12-5-4-8-17-12/h4-5,8,11,13H,6-7,9-10,15H2,1-3H3. The van der Waals surface area contributed by atoms with E-state index in [-0.39, 0.29) is 11.5 Å². The molecular weight excluding hydrogens is 228 g/mol. The summed E-state index contributed by atoms with van der Waals surface area (Å²) in [4.78, 5) is 4.03. The van der Waals surface area contributed by atoms with Crippen LogP contribution in [-0.4, -0.2) is 23.5 Å². The van der Waals surface area contributed by atoms with Crippen LogP contribution in [0.1, 0.15) is 38.5 Å². The number of thiophene rings is 1. The zero-order chi connectivity index (χ0) is 12.5. The molecule has 0 aliphatic heterocycles. The zero-order valence-corrected chi connectivity index (χ0v) is 12.0. The molecular formula is C14H24N2S. The highest BCUT2D eigenvalue weighted by atomic mass is 32.1. The lowest BCUT2D eigenvalue weighted by molar-refractivity contribution is 0.186. The smallest absolute Gasteiger partial charge is 0.0331 e. The molecule has 2 rings (SSSR count). The van der Waals surface area contributed by atoms with Crippen LogP contribution in [0.5, 0.6) is 0 Å². The molecule has 0 spiro atoms.